The molecule has 1 heterocycles. The fourth-order valence-electron chi connectivity index (χ4n) is 1.18. The third kappa shape index (κ3) is 3.24. The van der Waals surface area contributed by atoms with E-state index in [1.165, 1.54) is 9.88 Å². The summed E-state index contributed by atoms with van der Waals surface area (Å²) in [6.07, 6.45) is 6.00. The van der Waals surface area contributed by atoms with Gasteiger partial charge in [0.05, 0.1) is 6.04 Å². The van der Waals surface area contributed by atoms with Gasteiger partial charge in [-0.05, 0) is 26.3 Å². The van der Waals surface area contributed by atoms with Gasteiger partial charge in [-0.2, -0.15) is 0 Å². The van der Waals surface area contributed by atoms with Crippen LogP contribution in [-0.4, -0.2) is 11.5 Å². The number of thiazole rings is 1. The molecule has 0 fully saturated rings. The molecule has 0 radical (unpaired) electrons. The van der Waals surface area contributed by atoms with Crippen LogP contribution in [0.15, 0.2) is 18.9 Å². The van der Waals surface area contributed by atoms with E-state index >= 15 is 0 Å². The van der Waals surface area contributed by atoms with Crippen LogP contribution in [0.3, 0.4) is 0 Å². The van der Waals surface area contributed by atoms with E-state index in [1.807, 2.05) is 12.3 Å². The molecule has 0 aliphatic heterocycles. The summed E-state index contributed by atoms with van der Waals surface area (Å²) < 4.78 is 0. The van der Waals surface area contributed by atoms with Gasteiger partial charge in [-0.25, -0.2) is 4.98 Å². The van der Waals surface area contributed by atoms with Crippen LogP contribution in [0.4, 0.5) is 0 Å². The van der Waals surface area contributed by atoms with Gasteiger partial charge in [-0.3, -0.25) is 0 Å². The molecule has 3 heteroatoms. The highest BCUT2D eigenvalue weighted by Gasteiger charge is 2.08. The second-order valence-electron chi connectivity index (χ2n) is 3.27. The van der Waals surface area contributed by atoms with Crippen LogP contribution < -0.4 is 5.32 Å². The molecule has 0 spiro atoms. The highest BCUT2D eigenvalue weighted by Crippen LogP contribution is 2.19. The fraction of sp³-hybridized carbons (Fsp3) is 0.545. The average molecular weight is 210 g/mol. The molecule has 0 aromatic carbocycles. The predicted molar refractivity (Wildman–Crippen MR) is 62.7 cm³/mol. The van der Waals surface area contributed by atoms with Crippen molar-refractivity contribution in [1.82, 2.24) is 10.3 Å². The first-order chi connectivity index (χ1) is 6.77. The van der Waals surface area contributed by atoms with E-state index in [0.717, 1.165) is 19.4 Å². The Labute approximate surface area is 90.1 Å². The molecule has 0 amide bonds. The summed E-state index contributed by atoms with van der Waals surface area (Å²) in [7, 11) is 0. The number of hydrogen-bond acceptors (Lipinski definition) is 3. The summed E-state index contributed by atoms with van der Waals surface area (Å²) in [5, 5.41) is 4.60. The van der Waals surface area contributed by atoms with Crippen LogP contribution >= 0.6 is 11.3 Å². The van der Waals surface area contributed by atoms with E-state index in [2.05, 4.69) is 30.7 Å². The molecule has 0 saturated carbocycles. The largest absolute Gasteiger partial charge is 0.308 e. The SMILES string of the molecule is C=CCCNC(C)c1ncc(CC)s1. The number of rotatable bonds is 6. The van der Waals surface area contributed by atoms with Crippen LogP contribution in [0.2, 0.25) is 0 Å². The number of nitrogens with one attached hydrogen (secondary N) is 1. The second kappa shape index (κ2) is 5.94. The van der Waals surface area contributed by atoms with E-state index < -0.39 is 0 Å². The first-order valence-electron chi connectivity index (χ1n) is 5.06. The molecule has 78 valence electrons. The maximum atomic E-state index is 4.40. The number of aromatic nitrogens is 1. The monoisotopic (exact) mass is 210 g/mol. The zero-order valence-electron chi connectivity index (χ0n) is 8.92. The van der Waals surface area contributed by atoms with Gasteiger partial charge in [0.1, 0.15) is 5.01 Å². The van der Waals surface area contributed by atoms with Crippen molar-refractivity contribution < 1.29 is 0 Å². The lowest BCUT2D eigenvalue weighted by atomic mass is 10.3. The molecule has 1 rings (SSSR count). The maximum absolute atomic E-state index is 4.40. The van der Waals surface area contributed by atoms with Gasteiger partial charge < -0.3 is 5.32 Å². The van der Waals surface area contributed by atoms with Crippen molar-refractivity contribution in [2.45, 2.75) is 32.7 Å². The average Bonchev–Trinajstić information content (AvgIpc) is 2.66. The lowest BCUT2D eigenvalue weighted by Crippen LogP contribution is -2.19. The fourth-order valence-corrected chi connectivity index (χ4v) is 2.06. The summed E-state index contributed by atoms with van der Waals surface area (Å²) in [4.78, 5) is 5.75. The van der Waals surface area contributed by atoms with Crippen LogP contribution in [0.5, 0.6) is 0 Å². The van der Waals surface area contributed by atoms with Gasteiger partial charge in [0, 0.05) is 11.1 Å². The van der Waals surface area contributed by atoms with E-state index in [0.29, 0.717) is 6.04 Å². The van der Waals surface area contributed by atoms with Crippen molar-refractivity contribution in [1.29, 1.82) is 0 Å². The number of hydrogen-bond donors (Lipinski definition) is 1. The summed E-state index contributed by atoms with van der Waals surface area (Å²) in [5.74, 6) is 0. The van der Waals surface area contributed by atoms with Crippen molar-refractivity contribution in [3.05, 3.63) is 28.7 Å². The molecule has 1 atom stereocenters. The highest BCUT2D eigenvalue weighted by molar-refractivity contribution is 7.11. The molecule has 0 aliphatic carbocycles. The second-order valence-corrected chi connectivity index (χ2v) is 4.42. The Balaban J connectivity index is 2.43. The summed E-state index contributed by atoms with van der Waals surface area (Å²) in [6, 6.07) is 0.361. The van der Waals surface area contributed by atoms with Crippen LogP contribution in [-0.2, 0) is 6.42 Å². The maximum Gasteiger partial charge on any atom is 0.109 e. The minimum atomic E-state index is 0.361. The van der Waals surface area contributed by atoms with Gasteiger partial charge in [-0.1, -0.05) is 13.0 Å². The molecule has 0 aliphatic rings. The standard InChI is InChI=1S/C11H18N2S/c1-4-6-7-12-9(3)11-13-8-10(5-2)14-11/h4,8-9,12H,1,5-7H2,2-3H3. The number of nitrogens with zero attached hydrogens (tertiary/aromatic N) is 1. The van der Waals surface area contributed by atoms with Crippen molar-refractivity contribution in [3.63, 3.8) is 0 Å². The Morgan fingerprint density at radius 3 is 3.07 bits per heavy atom. The third-order valence-corrected chi connectivity index (χ3v) is 3.41. The van der Waals surface area contributed by atoms with E-state index in [-0.39, 0.29) is 0 Å². The molecule has 14 heavy (non-hydrogen) atoms. The van der Waals surface area contributed by atoms with E-state index in [9.17, 15) is 0 Å². The van der Waals surface area contributed by atoms with Gasteiger partial charge in [0.2, 0.25) is 0 Å². The molecular formula is C11H18N2S. The first kappa shape index (κ1) is 11.4. The highest BCUT2D eigenvalue weighted by atomic mass is 32.1. The first-order valence-corrected chi connectivity index (χ1v) is 5.88. The summed E-state index contributed by atoms with van der Waals surface area (Å²) in [5.41, 5.74) is 0. The van der Waals surface area contributed by atoms with Crippen molar-refractivity contribution in [2.24, 2.45) is 0 Å². The lowest BCUT2D eigenvalue weighted by molar-refractivity contribution is 0.578. The summed E-state index contributed by atoms with van der Waals surface area (Å²) in [6.45, 7) is 8.99. The molecule has 0 saturated heterocycles. The van der Waals surface area contributed by atoms with Crippen molar-refractivity contribution >= 4 is 11.3 Å². The van der Waals surface area contributed by atoms with Crippen LogP contribution in [0.25, 0.3) is 0 Å². The van der Waals surface area contributed by atoms with Crippen LogP contribution in [0, 0.1) is 0 Å². The Morgan fingerprint density at radius 1 is 1.71 bits per heavy atom. The normalized spacial score (nSPS) is 12.7. The number of aryl methyl sites for hydroxylation is 1. The predicted octanol–water partition coefficient (Wildman–Crippen LogP) is 2.93. The summed E-state index contributed by atoms with van der Waals surface area (Å²) >= 11 is 1.80. The van der Waals surface area contributed by atoms with E-state index in [4.69, 9.17) is 0 Å². The minimum absolute atomic E-state index is 0.361. The Bertz CT molecular complexity index is 281. The van der Waals surface area contributed by atoms with Gasteiger partial charge >= 0.3 is 0 Å². The lowest BCUT2D eigenvalue weighted by Gasteiger charge is -2.09. The quantitative estimate of drug-likeness (QED) is 0.577. The van der Waals surface area contributed by atoms with Crippen LogP contribution in [0.1, 0.15) is 36.2 Å². The van der Waals surface area contributed by atoms with Gasteiger partial charge in [0.25, 0.3) is 0 Å². The molecular weight excluding hydrogens is 192 g/mol. The zero-order valence-corrected chi connectivity index (χ0v) is 9.73. The smallest absolute Gasteiger partial charge is 0.109 e. The molecule has 1 N–H and O–H groups in total. The Hall–Kier alpha value is -0.670. The third-order valence-electron chi connectivity index (χ3n) is 2.09. The molecule has 1 unspecified atom stereocenters. The zero-order chi connectivity index (χ0) is 10.4. The molecule has 1 aromatic rings. The molecule has 0 bridgehead atoms. The van der Waals surface area contributed by atoms with Gasteiger partial charge in [0.15, 0.2) is 0 Å². The Kier molecular flexibility index (Phi) is 4.84. The Morgan fingerprint density at radius 2 is 2.50 bits per heavy atom. The molecule has 2 nitrogen and oxygen atoms in total. The van der Waals surface area contributed by atoms with Crippen molar-refractivity contribution in [2.75, 3.05) is 6.54 Å². The topological polar surface area (TPSA) is 24.9 Å². The molecule has 1 aromatic heterocycles. The minimum Gasteiger partial charge on any atom is -0.308 e. The van der Waals surface area contributed by atoms with Crippen molar-refractivity contribution in [3.8, 4) is 0 Å². The van der Waals surface area contributed by atoms with E-state index in [1.54, 1.807) is 11.3 Å². The van der Waals surface area contributed by atoms with Gasteiger partial charge in [-0.15, -0.1) is 17.9 Å².